The summed E-state index contributed by atoms with van der Waals surface area (Å²) in [6.07, 6.45) is 1.69. The first-order valence-corrected chi connectivity index (χ1v) is 6.77. The van der Waals surface area contributed by atoms with E-state index in [1.807, 2.05) is 43.3 Å². The number of nitrogens with one attached hydrogen (secondary N) is 1. The summed E-state index contributed by atoms with van der Waals surface area (Å²) in [5.41, 5.74) is 2.48. The maximum Gasteiger partial charge on any atom is 0.159 e. The highest BCUT2D eigenvalue weighted by Gasteiger charge is 2.06. The van der Waals surface area contributed by atoms with Gasteiger partial charge >= 0.3 is 0 Å². The molecule has 0 unspecified atom stereocenters. The third-order valence-electron chi connectivity index (χ3n) is 2.36. The van der Waals surface area contributed by atoms with Gasteiger partial charge in [-0.15, -0.1) is 18.3 Å². The van der Waals surface area contributed by atoms with E-state index in [-0.39, 0.29) is 5.57 Å². The zero-order valence-corrected chi connectivity index (χ0v) is 11.6. The van der Waals surface area contributed by atoms with Gasteiger partial charge < -0.3 is 5.32 Å². The van der Waals surface area contributed by atoms with Gasteiger partial charge in [-0.3, -0.25) is 0 Å². The van der Waals surface area contributed by atoms with Crippen LogP contribution in [0.25, 0.3) is 0 Å². The molecule has 0 aromatic heterocycles. The third-order valence-corrected chi connectivity index (χ3v) is 3.48. The molecule has 0 bridgehead atoms. The van der Waals surface area contributed by atoms with E-state index < -0.39 is 0 Å². The summed E-state index contributed by atoms with van der Waals surface area (Å²) >= 11 is 1.45. The van der Waals surface area contributed by atoms with E-state index in [0.29, 0.717) is 17.3 Å². The number of nitrogens with zero attached hydrogens (tertiary/aromatic N) is 2. The fourth-order valence-corrected chi connectivity index (χ4v) is 2.27. The standard InChI is InChI=1S/C15H15N3S/c1-3-8-18-15(14(9-16)10-17)19-11-13-6-4-12(2)5-7-13/h3-7,18H,1,8,11H2,2H3. The summed E-state index contributed by atoms with van der Waals surface area (Å²) in [6, 6.07) is 12.0. The average molecular weight is 269 g/mol. The van der Waals surface area contributed by atoms with Crippen molar-refractivity contribution in [3.8, 4) is 12.1 Å². The Hall–Kier alpha value is -2.17. The summed E-state index contributed by atoms with van der Waals surface area (Å²) in [7, 11) is 0. The van der Waals surface area contributed by atoms with Crippen molar-refractivity contribution >= 4 is 11.8 Å². The molecule has 0 spiro atoms. The number of hydrogen-bond donors (Lipinski definition) is 1. The zero-order chi connectivity index (χ0) is 14.1. The van der Waals surface area contributed by atoms with Crippen molar-refractivity contribution in [3.63, 3.8) is 0 Å². The van der Waals surface area contributed by atoms with E-state index in [4.69, 9.17) is 10.5 Å². The second kappa shape index (κ2) is 8.02. The number of rotatable bonds is 6. The minimum Gasteiger partial charge on any atom is -0.375 e. The van der Waals surface area contributed by atoms with Crippen LogP contribution in [0.4, 0.5) is 0 Å². The van der Waals surface area contributed by atoms with E-state index in [1.165, 1.54) is 17.3 Å². The Balaban J connectivity index is 2.77. The molecule has 3 nitrogen and oxygen atoms in total. The smallest absolute Gasteiger partial charge is 0.159 e. The first kappa shape index (κ1) is 14.9. The SMILES string of the molecule is C=CCNC(SCc1ccc(C)cc1)=C(C#N)C#N. The van der Waals surface area contributed by atoms with Crippen molar-refractivity contribution in [2.24, 2.45) is 0 Å². The molecule has 0 aliphatic carbocycles. The van der Waals surface area contributed by atoms with Crippen molar-refractivity contribution < 1.29 is 0 Å². The van der Waals surface area contributed by atoms with Crippen LogP contribution in [0.2, 0.25) is 0 Å². The molecule has 19 heavy (non-hydrogen) atoms. The maximum absolute atomic E-state index is 8.92. The van der Waals surface area contributed by atoms with Crippen LogP contribution >= 0.6 is 11.8 Å². The Bertz CT molecular complexity index is 528. The second-order valence-electron chi connectivity index (χ2n) is 3.87. The number of allylic oxidation sites excluding steroid dienone is 1. The first-order valence-electron chi connectivity index (χ1n) is 5.78. The van der Waals surface area contributed by atoms with Crippen molar-refractivity contribution in [2.75, 3.05) is 6.54 Å². The van der Waals surface area contributed by atoms with Gasteiger partial charge in [-0.05, 0) is 12.5 Å². The van der Waals surface area contributed by atoms with E-state index in [2.05, 4.69) is 11.9 Å². The molecule has 1 rings (SSSR count). The van der Waals surface area contributed by atoms with Crippen LogP contribution in [0.3, 0.4) is 0 Å². The minimum atomic E-state index is 0.110. The van der Waals surface area contributed by atoms with Gasteiger partial charge in [-0.1, -0.05) is 35.9 Å². The Morgan fingerprint density at radius 1 is 1.32 bits per heavy atom. The van der Waals surface area contributed by atoms with Gasteiger partial charge in [0, 0.05) is 12.3 Å². The monoisotopic (exact) mass is 269 g/mol. The number of hydrogen-bond acceptors (Lipinski definition) is 4. The summed E-state index contributed by atoms with van der Waals surface area (Å²) in [5, 5.41) is 21.5. The lowest BCUT2D eigenvalue weighted by atomic mass is 10.2. The lowest BCUT2D eigenvalue weighted by Gasteiger charge is -2.09. The molecule has 96 valence electrons. The van der Waals surface area contributed by atoms with Crippen LogP contribution in [0.15, 0.2) is 47.5 Å². The van der Waals surface area contributed by atoms with Crippen molar-refractivity contribution in [2.45, 2.75) is 12.7 Å². The van der Waals surface area contributed by atoms with Gasteiger partial charge in [0.1, 0.15) is 12.1 Å². The second-order valence-corrected chi connectivity index (χ2v) is 4.86. The van der Waals surface area contributed by atoms with Gasteiger partial charge in [0.2, 0.25) is 0 Å². The summed E-state index contributed by atoms with van der Waals surface area (Å²) in [4.78, 5) is 0. The van der Waals surface area contributed by atoms with Crippen molar-refractivity contribution in [1.29, 1.82) is 10.5 Å². The van der Waals surface area contributed by atoms with Gasteiger partial charge in [-0.25, -0.2) is 0 Å². The largest absolute Gasteiger partial charge is 0.375 e. The van der Waals surface area contributed by atoms with E-state index in [9.17, 15) is 0 Å². The number of benzene rings is 1. The molecule has 0 fully saturated rings. The minimum absolute atomic E-state index is 0.110. The molecule has 0 saturated carbocycles. The molecular formula is C15H15N3S. The molecule has 0 saturated heterocycles. The van der Waals surface area contributed by atoms with E-state index in [0.717, 1.165) is 5.56 Å². The molecule has 0 heterocycles. The molecule has 1 N–H and O–H groups in total. The van der Waals surface area contributed by atoms with Gasteiger partial charge in [0.15, 0.2) is 5.57 Å². The summed E-state index contributed by atoms with van der Waals surface area (Å²) in [5.74, 6) is 0.715. The Labute approximate surface area is 118 Å². The lowest BCUT2D eigenvalue weighted by Crippen LogP contribution is -2.12. The van der Waals surface area contributed by atoms with Crippen LogP contribution in [-0.2, 0) is 5.75 Å². The fraction of sp³-hybridized carbons (Fsp3) is 0.200. The number of thioether (sulfide) groups is 1. The Kier molecular flexibility index (Phi) is 6.29. The topological polar surface area (TPSA) is 59.6 Å². The molecule has 1 aromatic carbocycles. The third kappa shape index (κ3) is 4.91. The fourth-order valence-electron chi connectivity index (χ4n) is 1.34. The highest BCUT2D eigenvalue weighted by atomic mass is 32.2. The van der Waals surface area contributed by atoms with Gasteiger partial charge in [0.25, 0.3) is 0 Å². The van der Waals surface area contributed by atoms with Crippen LogP contribution in [-0.4, -0.2) is 6.54 Å². The van der Waals surface area contributed by atoms with Crippen LogP contribution in [0, 0.1) is 29.6 Å². The molecule has 0 aliphatic rings. The zero-order valence-electron chi connectivity index (χ0n) is 10.8. The molecule has 4 heteroatoms. The lowest BCUT2D eigenvalue weighted by molar-refractivity contribution is 0.963. The molecule has 0 atom stereocenters. The molecule has 0 radical (unpaired) electrons. The molecule has 0 aliphatic heterocycles. The first-order chi connectivity index (χ1) is 9.21. The predicted molar refractivity (Wildman–Crippen MR) is 78.9 cm³/mol. The number of aryl methyl sites for hydroxylation is 1. The van der Waals surface area contributed by atoms with Crippen LogP contribution < -0.4 is 5.32 Å². The summed E-state index contributed by atoms with van der Waals surface area (Å²) < 4.78 is 0. The molecule has 0 amide bonds. The molecular weight excluding hydrogens is 254 g/mol. The Morgan fingerprint density at radius 3 is 2.47 bits per heavy atom. The highest BCUT2D eigenvalue weighted by Crippen LogP contribution is 2.22. The Morgan fingerprint density at radius 2 is 1.95 bits per heavy atom. The highest BCUT2D eigenvalue weighted by molar-refractivity contribution is 8.02. The normalized spacial score (nSPS) is 9.00. The van der Waals surface area contributed by atoms with Gasteiger partial charge in [0.05, 0.1) is 5.03 Å². The number of nitriles is 2. The van der Waals surface area contributed by atoms with E-state index in [1.54, 1.807) is 6.08 Å². The van der Waals surface area contributed by atoms with Crippen molar-refractivity contribution in [1.82, 2.24) is 5.32 Å². The quantitative estimate of drug-likeness (QED) is 0.636. The average Bonchev–Trinajstić information content (AvgIpc) is 2.44. The summed E-state index contributed by atoms with van der Waals surface area (Å²) in [6.45, 7) is 6.18. The van der Waals surface area contributed by atoms with Crippen molar-refractivity contribution in [3.05, 3.63) is 58.6 Å². The predicted octanol–water partition coefficient (Wildman–Crippen LogP) is 3.26. The van der Waals surface area contributed by atoms with Crippen LogP contribution in [0.1, 0.15) is 11.1 Å². The van der Waals surface area contributed by atoms with Gasteiger partial charge in [-0.2, -0.15) is 10.5 Å². The van der Waals surface area contributed by atoms with Crippen LogP contribution in [0.5, 0.6) is 0 Å². The maximum atomic E-state index is 8.92. The molecule has 1 aromatic rings. The van der Waals surface area contributed by atoms with E-state index >= 15 is 0 Å².